The molecule has 0 atom stereocenters. The first kappa shape index (κ1) is 18.6. The monoisotopic (exact) mass is 384 g/mol. The number of ether oxygens (including phenoxy) is 3. The van der Waals surface area contributed by atoms with Crippen LogP contribution in [0.25, 0.3) is 6.08 Å². The quantitative estimate of drug-likeness (QED) is 0.796. The van der Waals surface area contributed by atoms with Gasteiger partial charge >= 0.3 is 6.03 Å². The third kappa shape index (κ3) is 3.68. The molecular weight excluding hydrogens is 364 g/mol. The zero-order chi connectivity index (χ0) is 19.6. The molecule has 1 aromatic heterocycles. The second-order valence-electron chi connectivity index (χ2n) is 5.70. The number of nitrogens with one attached hydrogen (secondary N) is 1. The van der Waals surface area contributed by atoms with E-state index in [0.717, 1.165) is 15.5 Å². The summed E-state index contributed by atoms with van der Waals surface area (Å²) in [5, 5.41) is 3.59. The third-order valence-corrected chi connectivity index (χ3v) is 5.18. The van der Waals surface area contributed by atoms with Crippen LogP contribution in [0.5, 0.6) is 17.2 Å². The summed E-state index contributed by atoms with van der Waals surface area (Å²) < 4.78 is 16.2. The number of rotatable bonds is 5. The van der Waals surface area contributed by atoms with Crippen LogP contribution in [0.2, 0.25) is 0 Å². The summed E-state index contributed by atoms with van der Waals surface area (Å²) in [4.78, 5) is 15.1. The van der Waals surface area contributed by atoms with Crippen molar-refractivity contribution in [2.45, 2.75) is 0 Å². The molecule has 0 radical (unpaired) electrons. The molecule has 1 aliphatic heterocycles. The highest BCUT2D eigenvalue weighted by molar-refractivity contribution is 7.17. The van der Waals surface area contributed by atoms with E-state index in [2.05, 4.69) is 18.5 Å². The fraction of sp³-hybridized carbons (Fsp3) is 0.150. The lowest BCUT2D eigenvalue weighted by Gasteiger charge is -2.17. The zero-order valence-electron chi connectivity index (χ0n) is 15.4. The SMILES string of the molecule is C=CC1=Cc2sc(N(C)C(=O)Nc3ccc(OC)c(OC)c3)cc2OC1=C. The molecule has 0 unspecified atom stereocenters. The molecule has 3 rings (SSSR count). The highest BCUT2D eigenvalue weighted by Crippen LogP contribution is 2.41. The lowest BCUT2D eigenvalue weighted by Crippen LogP contribution is -2.30. The Morgan fingerprint density at radius 2 is 2.00 bits per heavy atom. The molecule has 27 heavy (non-hydrogen) atoms. The molecule has 0 saturated carbocycles. The topological polar surface area (TPSA) is 60.0 Å². The predicted octanol–water partition coefficient (Wildman–Crippen LogP) is 4.91. The first-order valence-corrected chi connectivity index (χ1v) is 8.90. The number of thiophene rings is 1. The zero-order valence-corrected chi connectivity index (χ0v) is 16.2. The number of carbonyl (C=O) groups is 1. The molecule has 0 aliphatic carbocycles. The van der Waals surface area contributed by atoms with Gasteiger partial charge in [0.15, 0.2) is 11.5 Å². The molecule has 0 spiro atoms. The highest BCUT2D eigenvalue weighted by Gasteiger charge is 2.21. The summed E-state index contributed by atoms with van der Waals surface area (Å²) in [5.74, 6) is 2.35. The minimum Gasteiger partial charge on any atom is -0.493 e. The number of amides is 2. The van der Waals surface area contributed by atoms with Gasteiger partial charge in [-0.2, -0.15) is 0 Å². The number of hydrogen-bond acceptors (Lipinski definition) is 5. The fourth-order valence-electron chi connectivity index (χ4n) is 2.53. The largest absolute Gasteiger partial charge is 0.493 e. The second-order valence-corrected chi connectivity index (χ2v) is 6.76. The van der Waals surface area contributed by atoms with Crippen LogP contribution < -0.4 is 24.4 Å². The smallest absolute Gasteiger partial charge is 0.326 e. The molecule has 0 fully saturated rings. The number of methoxy groups -OCH3 is 2. The van der Waals surface area contributed by atoms with Crippen molar-refractivity contribution in [2.24, 2.45) is 0 Å². The van der Waals surface area contributed by atoms with Gasteiger partial charge in [0.25, 0.3) is 0 Å². The minimum absolute atomic E-state index is 0.285. The van der Waals surface area contributed by atoms with Crippen molar-refractivity contribution >= 4 is 34.1 Å². The molecule has 1 N–H and O–H groups in total. The molecule has 6 nitrogen and oxygen atoms in total. The molecule has 1 aliphatic rings. The number of allylic oxidation sites excluding steroid dienone is 1. The van der Waals surface area contributed by atoms with Gasteiger partial charge in [-0.25, -0.2) is 4.79 Å². The fourth-order valence-corrected chi connectivity index (χ4v) is 3.53. The van der Waals surface area contributed by atoms with Gasteiger partial charge < -0.3 is 19.5 Å². The van der Waals surface area contributed by atoms with E-state index in [0.29, 0.717) is 28.7 Å². The first-order valence-electron chi connectivity index (χ1n) is 8.08. The lowest BCUT2D eigenvalue weighted by molar-refractivity contribution is 0.258. The second kappa shape index (κ2) is 7.59. The Balaban J connectivity index is 1.78. The number of hydrogen-bond donors (Lipinski definition) is 1. The Labute approximate surface area is 162 Å². The van der Waals surface area contributed by atoms with Crippen molar-refractivity contribution in [3.05, 3.63) is 59.7 Å². The standard InChI is InChI=1S/C20H20N2O4S/c1-6-13-9-18-17(26-12(13)2)11-19(27-18)22(3)20(23)21-14-7-8-15(24-4)16(10-14)25-5/h6-11H,1-2H2,3-5H3,(H,21,23). The van der Waals surface area contributed by atoms with E-state index in [1.807, 2.05) is 12.1 Å². The Morgan fingerprint density at radius 1 is 1.26 bits per heavy atom. The van der Waals surface area contributed by atoms with Crippen LogP contribution in [0.3, 0.4) is 0 Å². The molecule has 0 saturated heterocycles. The van der Waals surface area contributed by atoms with Crippen LogP contribution in [0.1, 0.15) is 4.88 Å². The predicted molar refractivity (Wildman–Crippen MR) is 109 cm³/mol. The average Bonchev–Trinajstić information content (AvgIpc) is 3.08. The van der Waals surface area contributed by atoms with Crippen LogP contribution >= 0.6 is 11.3 Å². The van der Waals surface area contributed by atoms with Crippen LogP contribution in [-0.2, 0) is 0 Å². The summed E-state index contributed by atoms with van der Waals surface area (Å²) in [5.41, 5.74) is 1.43. The number of anilines is 2. The van der Waals surface area contributed by atoms with E-state index < -0.39 is 0 Å². The van der Waals surface area contributed by atoms with Gasteiger partial charge in [-0.1, -0.05) is 19.2 Å². The summed E-state index contributed by atoms with van der Waals surface area (Å²) >= 11 is 1.45. The van der Waals surface area contributed by atoms with Crippen molar-refractivity contribution in [3.63, 3.8) is 0 Å². The summed E-state index contributed by atoms with van der Waals surface area (Å²) in [6.45, 7) is 7.62. The Morgan fingerprint density at radius 3 is 2.67 bits per heavy atom. The van der Waals surface area contributed by atoms with Crippen molar-refractivity contribution in [2.75, 3.05) is 31.5 Å². The maximum atomic E-state index is 12.6. The maximum Gasteiger partial charge on any atom is 0.326 e. The van der Waals surface area contributed by atoms with Gasteiger partial charge in [-0.15, -0.1) is 11.3 Å². The van der Waals surface area contributed by atoms with Gasteiger partial charge in [-0.3, -0.25) is 4.90 Å². The van der Waals surface area contributed by atoms with Crippen LogP contribution in [0, 0.1) is 0 Å². The molecule has 2 amide bonds. The van der Waals surface area contributed by atoms with E-state index in [1.54, 1.807) is 45.5 Å². The number of nitrogens with zero attached hydrogens (tertiary/aromatic N) is 1. The van der Waals surface area contributed by atoms with Crippen LogP contribution in [-0.4, -0.2) is 27.3 Å². The normalized spacial score (nSPS) is 12.4. The molecule has 2 aromatic rings. The van der Waals surface area contributed by atoms with Crippen molar-refractivity contribution < 1.29 is 19.0 Å². The molecular formula is C20H20N2O4S. The molecule has 140 valence electrons. The van der Waals surface area contributed by atoms with Crippen molar-refractivity contribution in [3.8, 4) is 17.2 Å². The van der Waals surface area contributed by atoms with E-state index in [4.69, 9.17) is 14.2 Å². The lowest BCUT2D eigenvalue weighted by atomic mass is 10.1. The van der Waals surface area contributed by atoms with E-state index in [9.17, 15) is 4.79 Å². The minimum atomic E-state index is -0.285. The van der Waals surface area contributed by atoms with Gasteiger partial charge in [-0.05, 0) is 18.2 Å². The summed E-state index contributed by atoms with van der Waals surface area (Å²) in [6.07, 6.45) is 3.64. The summed E-state index contributed by atoms with van der Waals surface area (Å²) in [6, 6.07) is 6.72. The number of benzene rings is 1. The highest BCUT2D eigenvalue weighted by atomic mass is 32.1. The summed E-state index contributed by atoms with van der Waals surface area (Å²) in [7, 11) is 4.80. The molecule has 2 heterocycles. The Kier molecular flexibility index (Phi) is 5.23. The average molecular weight is 384 g/mol. The molecule has 1 aromatic carbocycles. The number of fused-ring (bicyclic) bond motifs is 1. The van der Waals surface area contributed by atoms with Crippen molar-refractivity contribution in [1.29, 1.82) is 0 Å². The maximum absolute atomic E-state index is 12.6. The van der Waals surface area contributed by atoms with Crippen molar-refractivity contribution in [1.82, 2.24) is 0 Å². The first-order chi connectivity index (χ1) is 13.0. The van der Waals surface area contributed by atoms with Gasteiger partial charge in [0.1, 0.15) is 16.5 Å². The number of urea groups is 1. The van der Waals surface area contributed by atoms with Crippen LogP contribution in [0.4, 0.5) is 15.5 Å². The number of carbonyl (C=O) groups excluding carboxylic acids is 1. The van der Waals surface area contributed by atoms with E-state index in [1.165, 1.54) is 16.2 Å². The van der Waals surface area contributed by atoms with Gasteiger partial charge in [0, 0.05) is 30.4 Å². The van der Waals surface area contributed by atoms with E-state index >= 15 is 0 Å². The molecule has 7 heteroatoms. The van der Waals surface area contributed by atoms with Crippen LogP contribution in [0.15, 0.2) is 54.8 Å². The Bertz CT molecular complexity index is 945. The van der Waals surface area contributed by atoms with Gasteiger partial charge in [0.05, 0.1) is 19.1 Å². The third-order valence-electron chi connectivity index (χ3n) is 4.04. The molecule has 0 bridgehead atoms. The van der Waals surface area contributed by atoms with E-state index in [-0.39, 0.29) is 6.03 Å². The Hall–Kier alpha value is -3.19. The van der Waals surface area contributed by atoms with Gasteiger partial charge in [0.2, 0.25) is 0 Å².